The summed E-state index contributed by atoms with van der Waals surface area (Å²) in [5.74, 6) is -0.209. The zero-order chi connectivity index (χ0) is 30.9. The Morgan fingerprint density at radius 2 is 1.74 bits per heavy atom. The van der Waals surface area contributed by atoms with Crippen LogP contribution in [0.3, 0.4) is 0 Å². The average Bonchev–Trinajstić information content (AvgIpc) is 3.36. The molecule has 1 fully saturated rings. The molecule has 2 aromatic carbocycles. The van der Waals surface area contributed by atoms with E-state index in [1.165, 1.54) is 6.33 Å². The fraction of sp³-hybridized carbons (Fsp3) is 0.367. The van der Waals surface area contributed by atoms with E-state index in [-0.39, 0.29) is 30.1 Å². The number of nitrogens with one attached hydrogen (secondary N) is 1. The first-order chi connectivity index (χ1) is 20.3. The van der Waals surface area contributed by atoms with Gasteiger partial charge in [-0.1, -0.05) is 24.3 Å². The minimum atomic E-state index is -4.47. The number of halogens is 3. The Hall–Kier alpha value is -4.68. The highest BCUT2D eigenvalue weighted by Crippen LogP contribution is 2.34. The lowest BCUT2D eigenvalue weighted by Gasteiger charge is -2.34. The molecule has 1 aliphatic heterocycles. The number of aromatic nitrogens is 4. The first kappa shape index (κ1) is 29.8. The van der Waals surface area contributed by atoms with Crippen molar-refractivity contribution in [3.8, 4) is 11.3 Å². The Labute approximate surface area is 246 Å². The average molecular weight is 596 g/mol. The molecular weight excluding hydrogens is 563 g/mol. The van der Waals surface area contributed by atoms with Crippen LogP contribution >= 0.6 is 0 Å². The molecule has 0 spiro atoms. The normalized spacial score (nSPS) is 15.9. The van der Waals surface area contributed by atoms with Gasteiger partial charge in [-0.15, -0.1) is 0 Å². The lowest BCUT2D eigenvalue weighted by molar-refractivity contribution is -0.137. The highest BCUT2D eigenvalue weighted by atomic mass is 19.4. The second-order valence-electron chi connectivity index (χ2n) is 11.4. The number of likely N-dealkylation sites (tertiary alicyclic amines) is 1. The molecule has 1 aliphatic rings. The topological polar surface area (TPSA) is 128 Å². The number of piperidine rings is 1. The van der Waals surface area contributed by atoms with E-state index in [2.05, 4.69) is 15.3 Å². The van der Waals surface area contributed by atoms with Crippen molar-refractivity contribution in [2.75, 3.05) is 18.8 Å². The number of benzene rings is 2. The monoisotopic (exact) mass is 595 g/mol. The van der Waals surface area contributed by atoms with Gasteiger partial charge < -0.3 is 20.7 Å². The highest BCUT2D eigenvalue weighted by molar-refractivity contribution is 5.98. The Morgan fingerprint density at radius 1 is 1.05 bits per heavy atom. The Kier molecular flexibility index (Phi) is 8.00. The van der Waals surface area contributed by atoms with Crippen molar-refractivity contribution in [2.45, 2.75) is 58.0 Å². The van der Waals surface area contributed by atoms with Crippen LogP contribution in [-0.4, -0.2) is 55.3 Å². The van der Waals surface area contributed by atoms with Gasteiger partial charge in [0.2, 0.25) is 0 Å². The summed E-state index contributed by atoms with van der Waals surface area (Å²) in [7, 11) is 0. The SMILES string of the molecule is CC(C)(C)OC(=O)N1CCC[C@@H](n2nc(-c3ccc(CNC(=O)c4ccc(C(F)(F)F)cc4)cc3)c3c(N)ncnc32)C1. The third-order valence-electron chi connectivity index (χ3n) is 7.07. The van der Waals surface area contributed by atoms with Crippen LogP contribution < -0.4 is 11.1 Å². The molecule has 0 bridgehead atoms. The number of anilines is 1. The molecule has 5 rings (SSSR count). The lowest BCUT2D eigenvalue weighted by Crippen LogP contribution is -2.43. The van der Waals surface area contributed by atoms with Crippen LogP contribution in [0.25, 0.3) is 22.3 Å². The molecule has 43 heavy (non-hydrogen) atoms. The molecule has 0 radical (unpaired) electrons. The smallest absolute Gasteiger partial charge is 0.416 e. The summed E-state index contributed by atoms with van der Waals surface area (Å²) in [4.78, 5) is 35.6. The van der Waals surface area contributed by atoms with Gasteiger partial charge in [-0.25, -0.2) is 19.4 Å². The molecule has 2 aromatic heterocycles. The molecule has 1 atom stereocenters. The van der Waals surface area contributed by atoms with Gasteiger partial charge in [-0.05, 0) is 63.4 Å². The molecule has 0 aliphatic carbocycles. The number of rotatable bonds is 5. The molecule has 0 unspecified atom stereocenters. The van der Waals surface area contributed by atoms with Crippen molar-refractivity contribution in [3.05, 3.63) is 71.5 Å². The number of carbonyl (C=O) groups excluding carboxylic acids is 2. The largest absolute Gasteiger partial charge is 0.444 e. The van der Waals surface area contributed by atoms with Gasteiger partial charge in [0, 0.05) is 30.8 Å². The molecule has 13 heteroatoms. The number of hydrogen-bond donors (Lipinski definition) is 2. The summed E-state index contributed by atoms with van der Waals surface area (Å²) < 4.78 is 45.8. The zero-order valence-electron chi connectivity index (χ0n) is 24.0. The fourth-order valence-electron chi connectivity index (χ4n) is 4.97. The number of nitrogens with two attached hydrogens (primary N) is 1. The third kappa shape index (κ3) is 6.71. The molecule has 226 valence electrons. The summed E-state index contributed by atoms with van der Waals surface area (Å²) in [6, 6.07) is 11.2. The van der Waals surface area contributed by atoms with Gasteiger partial charge in [0.25, 0.3) is 5.91 Å². The van der Waals surface area contributed by atoms with Crippen LogP contribution in [0.15, 0.2) is 54.9 Å². The van der Waals surface area contributed by atoms with Gasteiger partial charge in [0.1, 0.15) is 23.4 Å². The molecule has 0 saturated carbocycles. The molecule has 10 nitrogen and oxygen atoms in total. The van der Waals surface area contributed by atoms with Crippen molar-refractivity contribution >= 4 is 28.9 Å². The molecular formula is C30H32F3N7O3. The summed E-state index contributed by atoms with van der Waals surface area (Å²) in [5.41, 5.74) is 7.67. The number of carbonyl (C=O) groups is 2. The predicted molar refractivity (Wildman–Crippen MR) is 154 cm³/mol. The summed E-state index contributed by atoms with van der Waals surface area (Å²) in [6.07, 6.45) is -1.89. The van der Waals surface area contributed by atoms with Crippen molar-refractivity contribution in [2.24, 2.45) is 0 Å². The molecule has 2 amide bonds. The number of amides is 2. The van der Waals surface area contributed by atoms with E-state index in [0.29, 0.717) is 29.8 Å². The second-order valence-corrected chi connectivity index (χ2v) is 11.4. The number of alkyl halides is 3. The maximum Gasteiger partial charge on any atom is 0.416 e. The first-order valence-corrected chi connectivity index (χ1v) is 13.8. The van der Waals surface area contributed by atoms with Crippen LogP contribution in [0.1, 0.15) is 61.1 Å². The van der Waals surface area contributed by atoms with Gasteiger partial charge in [0.05, 0.1) is 17.0 Å². The van der Waals surface area contributed by atoms with E-state index in [0.717, 1.165) is 48.2 Å². The van der Waals surface area contributed by atoms with E-state index < -0.39 is 23.2 Å². The van der Waals surface area contributed by atoms with E-state index in [4.69, 9.17) is 15.6 Å². The quantitative estimate of drug-likeness (QED) is 0.308. The van der Waals surface area contributed by atoms with Crippen molar-refractivity contribution in [1.82, 2.24) is 30.0 Å². The maximum atomic E-state index is 12.8. The lowest BCUT2D eigenvalue weighted by atomic mass is 10.1. The van der Waals surface area contributed by atoms with Crippen LogP contribution in [0.5, 0.6) is 0 Å². The number of hydrogen-bond acceptors (Lipinski definition) is 7. The first-order valence-electron chi connectivity index (χ1n) is 13.8. The minimum absolute atomic E-state index is 0.130. The van der Waals surface area contributed by atoms with Gasteiger partial charge in [0.15, 0.2) is 5.65 Å². The Bertz CT molecular complexity index is 1630. The third-order valence-corrected chi connectivity index (χ3v) is 7.07. The van der Waals surface area contributed by atoms with Gasteiger partial charge in [-0.2, -0.15) is 18.3 Å². The highest BCUT2D eigenvalue weighted by Gasteiger charge is 2.32. The molecule has 1 saturated heterocycles. The van der Waals surface area contributed by atoms with E-state index in [1.807, 2.05) is 45.0 Å². The van der Waals surface area contributed by atoms with Crippen molar-refractivity contribution in [3.63, 3.8) is 0 Å². The second kappa shape index (κ2) is 11.5. The Balaban J connectivity index is 1.33. The van der Waals surface area contributed by atoms with E-state index in [1.54, 1.807) is 9.58 Å². The number of ether oxygens (including phenoxy) is 1. The van der Waals surface area contributed by atoms with Crippen LogP contribution in [-0.2, 0) is 17.5 Å². The molecule has 3 heterocycles. The fourth-order valence-corrected chi connectivity index (χ4v) is 4.97. The van der Waals surface area contributed by atoms with E-state index >= 15 is 0 Å². The van der Waals surface area contributed by atoms with Crippen LogP contribution in [0.2, 0.25) is 0 Å². The summed E-state index contributed by atoms with van der Waals surface area (Å²) >= 11 is 0. The van der Waals surface area contributed by atoms with Crippen LogP contribution in [0.4, 0.5) is 23.8 Å². The van der Waals surface area contributed by atoms with Crippen LogP contribution in [0, 0.1) is 0 Å². The summed E-state index contributed by atoms with van der Waals surface area (Å²) in [5, 5.41) is 8.21. The maximum absolute atomic E-state index is 12.8. The number of nitrogens with zero attached hydrogens (tertiary/aromatic N) is 5. The minimum Gasteiger partial charge on any atom is -0.444 e. The van der Waals surface area contributed by atoms with Crippen molar-refractivity contribution in [1.29, 1.82) is 0 Å². The molecule has 4 aromatic rings. The zero-order valence-corrected chi connectivity index (χ0v) is 24.0. The number of fused-ring (bicyclic) bond motifs is 1. The predicted octanol–water partition coefficient (Wildman–Crippen LogP) is 5.60. The van der Waals surface area contributed by atoms with Gasteiger partial charge >= 0.3 is 12.3 Å². The van der Waals surface area contributed by atoms with Crippen molar-refractivity contribution < 1.29 is 27.5 Å². The Morgan fingerprint density at radius 3 is 2.40 bits per heavy atom. The standard InChI is InChI=1S/C30H32F3N7O3/c1-29(2,3)43-28(42)39-14-4-5-22(16-39)40-26-23(25(34)36-17-37-26)24(38-40)19-8-6-18(7-9-19)15-35-27(41)20-10-12-21(13-11-20)30(31,32)33/h6-13,17,22H,4-5,14-16H2,1-3H3,(H,35,41)(H2,34,36,37)/t22-/m1/s1. The molecule has 3 N–H and O–H groups in total. The van der Waals surface area contributed by atoms with Gasteiger partial charge in [-0.3, -0.25) is 4.79 Å². The summed E-state index contributed by atoms with van der Waals surface area (Å²) in [6.45, 7) is 6.66. The number of nitrogen functional groups attached to an aromatic ring is 1. The van der Waals surface area contributed by atoms with E-state index in [9.17, 15) is 22.8 Å².